The number of hydrogen-bond acceptors (Lipinski definition) is 7. The highest BCUT2D eigenvalue weighted by atomic mass is 16.3. The number of amides is 1. The molecule has 0 aliphatic rings. The lowest BCUT2D eigenvalue weighted by Crippen LogP contribution is -2.12. The van der Waals surface area contributed by atoms with Gasteiger partial charge in [-0.1, -0.05) is 17.9 Å². The molecule has 8 heteroatoms. The molecule has 8 nitrogen and oxygen atoms in total. The average Bonchev–Trinajstić information content (AvgIpc) is 2.63. The summed E-state index contributed by atoms with van der Waals surface area (Å²) in [6.07, 6.45) is 0. The van der Waals surface area contributed by atoms with Gasteiger partial charge in [0.05, 0.1) is 16.2 Å². The summed E-state index contributed by atoms with van der Waals surface area (Å²) in [5, 5.41) is 64.6. The van der Waals surface area contributed by atoms with Crippen molar-refractivity contribution in [2.45, 2.75) is 6.92 Å². The Kier molecular flexibility index (Phi) is 3.38. The van der Waals surface area contributed by atoms with E-state index in [1.165, 1.54) is 12.1 Å². The number of primary amides is 1. The van der Waals surface area contributed by atoms with E-state index in [0.717, 1.165) is 0 Å². The fourth-order valence-corrected chi connectivity index (χ4v) is 3.71. The number of aryl methyl sites for hydroxylation is 1. The molecule has 0 saturated carbocycles. The van der Waals surface area contributed by atoms with Gasteiger partial charge in [-0.3, -0.25) is 4.79 Å². The predicted octanol–water partition coefficient (Wildman–Crippen LogP) is 2.16. The van der Waals surface area contributed by atoms with E-state index in [1.54, 1.807) is 19.1 Å². The van der Waals surface area contributed by atoms with Gasteiger partial charge < -0.3 is 36.4 Å². The van der Waals surface area contributed by atoms with Crippen molar-refractivity contribution in [3.8, 4) is 34.5 Å². The van der Waals surface area contributed by atoms with Gasteiger partial charge in [0.2, 0.25) is 0 Å². The van der Waals surface area contributed by atoms with Gasteiger partial charge in [-0.15, -0.1) is 0 Å². The molecule has 0 unspecified atom stereocenters. The van der Waals surface area contributed by atoms with Crippen molar-refractivity contribution in [2.75, 3.05) is 0 Å². The molecule has 0 fully saturated rings. The topological polar surface area (TPSA) is 167 Å². The summed E-state index contributed by atoms with van der Waals surface area (Å²) >= 11 is 0. The maximum atomic E-state index is 12.5. The van der Waals surface area contributed by atoms with Crippen LogP contribution in [0, 0.1) is 6.92 Å². The summed E-state index contributed by atoms with van der Waals surface area (Å²) in [5.74, 6) is -5.55. The van der Waals surface area contributed by atoms with Crippen molar-refractivity contribution < 1.29 is 35.4 Å². The molecule has 0 radical (unpaired) electrons. The number of phenols is 5. The molecule has 0 atom stereocenters. The molecule has 0 spiro atoms. The van der Waals surface area contributed by atoms with Gasteiger partial charge in [0, 0.05) is 0 Å². The van der Waals surface area contributed by atoms with Gasteiger partial charge in [0.25, 0.3) is 5.91 Å². The molecular weight excluding hydrogens is 366 g/mol. The first-order valence-corrected chi connectivity index (χ1v) is 8.14. The lowest BCUT2D eigenvalue weighted by Gasteiger charge is -2.21. The van der Waals surface area contributed by atoms with Crippen LogP contribution in [-0.2, 0) is 0 Å². The number of aromatic hydroxyl groups is 5. The van der Waals surface area contributed by atoms with Crippen molar-refractivity contribution in [3.63, 3.8) is 0 Å². The third kappa shape index (κ3) is 1.96. The van der Waals surface area contributed by atoms with Crippen LogP contribution >= 0.6 is 0 Å². The molecular formula is C20H14NO7-. The maximum absolute atomic E-state index is 12.5. The summed E-state index contributed by atoms with van der Waals surface area (Å²) in [4.78, 5) is 11.6. The maximum Gasteiger partial charge on any atom is 0.256 e. The minimum absolute atomic E-state index is 0.0814. The van der Waals surface area contributed by atoms with E-state index in [4.69, 9.17) is 5.73 Å². The van der Waals surface area contributed by atoms with Gasteiger partial charge >= 0.3 is 0 Å². The van der Waals surface area contributed by atoms with Crippen LogP contribution in [0.2, 0.25) is 0 Å². The van der Waals surface area contributed by atoms with E-state index in [0.29, 0.717) is 10.9 Å². The van der Waals surface area contributed by atoms with Crippen molar-refractivity contribution in [2.24, 2.45) is 5.73 Å². The van der Waals surface area contributed by atoms with E-state index in [9.17, 15) is 35.4 Å². The fourth-order valence-electron chi connectivity index (χ4n) is 3.71. The van der Waals surface area contributed by atoms with E-state index < -0.39 is 45.6 Å². The second-order valence-corrected chi connectivity index (χ2v) is 6.51. The van der Waals surface area contributed by atoms with Crippen LogP contribution < -0.4 is 10.8 Å². The van der Waals surface area contributed by atoms with Crippen LogP contribution in [0.15, 0.2) is 24.3 Å². The zero-order valence-electron chi connectivity index (χ0n) is 14.4. The van der Waals surface area contributed by atoms with Crippen molar-refractivity contribution in [1.29, 1.82) is 0 Å². The number of nitrogens with two attached hydrogens (primary N) is 1. The number of carbonyl (C=O) groups excluding carboxylic acids is 1. The molecule has 0 heterocycles. The highest BCUT2D eigenvalue weighted by Crippen LogP contribution is 2.52. The summed E-state index contributed by atoms with van der Waals surface area (Å²) in [6.45, 7) is 1.66. The van der Waals surface area contributed by atoms with E-state index >= 15 is 0 Å². The Labute approximate surface area is 156 Å². The van der Waals surface area contributed by atoms with Crippen molar-refractivity contribution in [1.82, 2.24) is 0 Å². The summed E-state index contributed by atoms with van der Waals surface area (Å²) in [7, 11) is 0. The van der Waals surface area contributed by atoms with E-state index in [2.05, 4.69) is 0 Å². The number of fused-ring (bicyclic) bond motifs is 3. The first-order chi connectivity index (χ1) is 13.2. The Balaban J connectivity index is 2.37. The van der Waals surface area contributed by atoms with Gasteiger partial charge in [0.15, 0.2) is 0 Å². The molecule has 7 N–H and O–H groups in total. The summed E-state index contributed by atoms with van der Waals surface area (Å²) in [6, 6.07) is 5.87. The quantitative estimate of drug-likeness (QED) is 0.275. The number of carbonyl (C=O) groups is 1. The Bertz CT molecular complexity index is 1360. The van der Waals surface area contributed by atoms with E-state index in [1.807, 2.05) is 0 Å². The highest BCUT2D eigenvalue weighted by molar-refractivity contribution is 6.21. The molecule has 1 amide bonds. The number of rotatable bonds is 1. The van der Waals surface area contributed by atoms with Gasteiger partial charge in [0.1, 0.15) is 34.3 Å². The Morgan fingerprint density at radius 1 is 0.857 bits per heavy atom. The van der Waals surface area contributed by atoms with Crippen LogP contribution in [0.3, 0.4) is 0 Å². The Morgan fingerprint density at radius 2 is 1.46 bits per heavy atom. The molecule has 142 valence electrons. The van der Waals surface area contributed by atoms with Crippen LogP contribution in [0.25, 0.3) is 32.3 Å². The molecule has 4 rings (SSSR count). The predicted molar refractivity (Wildman–Crippen MR) is 100.0 cm³/mol. The molecule has 0 bridgehead atoms. The number of benzene rings is 4. The second-order valence-electron chi connectivity index (χ2n) is 6.51. The average molecular weight is 380 g/mol. The van der Waals surface area contributed by atoms with Crippen LogP contribution in [-0.4, -0.2) is 31.4 Å². The van der Waals surface area contributed by atoms with E-state index in [-0.39, 0.29) is 27.3 Å². The standard InChI is InChI=1S/C20H15NO7/c1-6-7-3-2-4-10(22)11(7)16(24)12-8(6)5-9-13(17(12)25)18(26)14(20(21)28)19(27)15(9)23/h2-5,22-27H,1H3,(H2,21,28)/p-1. The van der Waals surface area contributed by atoms with Crippen LogP contribution in [0.4, 0.5) is 0 Å². The van der Waals surface area contributed by atoms with Crippen LogP contribution in [0.5, 0.6) is 34.5 Å². The minimum Gasteiger partial charge on any atom is -0.870 e. The number of phenolic OH excluding ortho intramolecular Hbond substituents is 3. The molecule has 4 aromatic rings. The third-order valence-electron chi connectivity index (χ3n) is 5.04. The lowest BCUT2D eigenvalue weighted by atomic mass is 9.91. The number of hydrogen-bond donors (Lipinski definition) is 6. The first kappa shape index (κ1) is 17.3. The Morgan fingerprint density at radius 3 is 2.11 bits per heavy atom. The highest BCUT2D eigenvalue weighted by Gasteiger charge is 2.25. The SMILES string of the molecule is Cc1c2cccc(O)c2c(O)c2c(O)c3c(O)c(C(N)=O)c(O)c([O-])c3cc12. The van der Waals surface area contributed by atoms with Gasteiger partial charge in [-0.25, -0.2) is 0 Å². The minimum atomic E-state index is -1.26. The lowest BCUT2D eigenvalue weighted by molar-refractivity contribution is -0.267. The summed E-state index contributed by atoms with van der Waals surface area (Å²) in [5.41, 5.74) is 4.83. The summed E-state index contributed by atoms with van der Waals surface area (Å²) < 4.78 is 0. The molecule has 0 aromatic heterocycles. The van der Waals surface area contributed by atoms with Crippen molar-refractivity contribution >= 4 is 38.2 Å². The van der Waals surface area contributed by atoms with Crippen LogP contribution in [0.1, 0.15) is 15.9 Å². The second kappa shape index (κ2) is 5.46. The van der Waals surface area contributed by atoms with Gasteiger partial charge in [-0.2, -0.15) is 0 Å². The molecule has 0 aliphatic carbocycles. The largest absolute Gasteiger partial charge is 0.870 e. The zero-order valence-corrected chi connectivity index (χ0v) is 14.4. The zero-order chi connectivity index (χ0) is 20.5. The molecule has 0 saturated heterocycles. The molecule has 28 heavy (non-hydrogen) atoms. The first-order valence-electron chi connectivity index (χ1n) is 8.14. The van der Waals surface area contributed by atoms with Crippen molar-refractivity contribution in [3.05, 3.63) is 35.4 Å². The smallest absolute Gasteiger partial charge is 0.256 e. The third-order valence-corrected chi connectivity index (χ3v) is 5.04. The normalized spacial score (nSPS) is 11.5. The fraction of sp³-hybridized carbons (Fsp3) is 0.0500. The molecule has 0 aliphatic heterocycles. The molecule has 4 aromatic carbocycles. The monoisotopic (exact) mass is 380 g/mol. The Hall–Kier alpha value is -4.07. The van der Waals surface area contributed by atoms with Gasteiger partial charge in [-0.05, 0) is 40.8 Å².